The van der Waals surface area contributed by atoms with E-state index >= 15 is 0 Å². The van der Waals surface area contributed by atoms with Gasteiger partial charge in [-0.3, -0.25) is 9.69 Å². The van der Waals surface area contributed by atoms with Crippen LogP contribution in [0.4, 0.5) is 5.69 Å². The van der Waals surface area contributed by atoms with Crippen LogP contribution in [0.2, 0.25) is 0 Å². The number of piperidine rings is 1. The minimum absolute atomic E-state index is 0. The van der Waals surface area contributed by atoms with Crippen LogP contribution in [-0.4, -0.2) is 43.1 Å². The molecule has 0 saturated carbocycles. The number of halogens is 1. The van der Waals surface area contributed by atoms with Gasteiger partial charge >= 0.3 is 0 Å². The van der Waals surface area contributed by atoms with E-state index in [1.165, 1.54) is 6.42 Å². The van der Waals surface area contributed by atoms with Crippen molar-refractivity contribution in [3.63, 3.8) is 0 Å². The van der Waals surface area contributed by atoms with E-state index in [9.17, 15) is 4.79 Å². The molecule has 1 heterocycles. The Labute approximate surface area is 138 Å². The molecule has 6 heteroatoms. The molecule has 22 heavy (non-hydrogen) atoms. The number of rotatable bonds is 5. The van der Waals surface area contributed by atoms with Crippen LogP contribution in [0, 0.1) is 0 Å². The Bertz CT molecular complexity index is 482. The van der Waals surface area contributed by atoms with Gasteiger partial charge in [0, 0.05) is 23.8 Å². The van der Waals surface area contributed by atoms with Crippen LogP contribution >= 0.6 is 12.4 Å². The van der Waals surface area contributed by atoms with Gasteiger partial charge in [-0.25, -0.2) is 0 Å². The van der Waals surface area contributed by atoms with E-state index in [1.807, 2.05) is 31.2 Å². The summed E-state index contributed by atoms with van der Waals surface area (Å²) in [4.78, 5) is 14.4. The lowest BCUT2D eigenvalue weighted by Gasteiger charge is -2.37. The molecule has 0 radical (unpaired) electrons. The van der Waals surface area contributed by atoms with Gasteiger partial charge in [0.2, 0.25) is 5.91 Å². The molecule has 3 N–H and O–H groups in total. The second-order valence-electron chi connectivity index (χ2n) is 5.67. The first-order chi connectivity index (χ1) is 10.1. The number of benzene rings is 1. The topological polar surface area (TPSA) is 67.6 Å². The lowest BCUT2D eigenvalue weighted by atomic mass is 9.97. The van der Waals surface area contributed by atoms with E-state index in [1.54, 1.807) is 7.11 Å². The van der Waals surface area contributed by atoms with Gasteiger partial charge in [0.25, 0.3) is 0 Å². The first kappa shape index (κ1) is 18.7. The average Bonchev–Trinajstić information content (AvgIpc) is 2.47. The fourth-order valence-corrected chi connectivity index (χ4v) is 2.89. The predicted octanol–water partition coefficient (Wildman–Crippen LogP) is 2.26. The summed E-state index contributed by atoms with van der Waals surface area (Å²) in [6, 6.07) is 7.79. The third-order valence-electron chi connectivity index (χ3n) is 3.97. The Morgan fingerprint density at radius 3 is 2.95 bits per heavy atom. The Hall–Kier alpha value is -1.30. The summed E-state index contributed by atoms with van der Waals surface area (Å²) in [6.07, 6.45) is 3.40. The molecule has 0 spiro atoms. The summed E-state index contributed by atoms with van der Waals surface area (Å²) >= 11 is 0. The number of carbonyl (C=O) groups is 1. The van der Waals surface area contributed by atoms with Gasteiger partial charge in [0.15, 0.2) is 0 Å². The second-order valence-corrected chi connectivity index (χ2v) is 5.67. The highest BCUT2D eigenvalue weighted by atomic mass is 35.5. The normalized spacial score (nSPS) is 19.9. The number of nitrogens with one attached hydrogen (secondary N) is 1. The monoisotopic (exact) mass is 327 g/mol. The molecule has 124 valence electrons. The second kappa shape index (κ2) is 8.98. The van der Waals surface area contributed by atoms with Crippen LogP contribution in [0.15, 0.2) is 24.3 Å². The molecule has 1 fully saturated rings. The van der Waals surface area contributed by atoms with Crippen molar-refractivity contribution in [2.75, 3.05) is 25.5 Å². The number of nitrogens with zero attached hydrogens (tertiary/aromatic N) is 1. The van der Waals surface area contributed by atoms with Gasteiger partial charge in [-0.15, -0.1) is 12.4 Å². The Balaban J connectivity index is 0.00000242. The Morgan fingerprint density at radius 2 is 2.27 bits per heavy atom. The molecule has 1 aliphatic rings. The van der Waals surface area contributed by atoms with Gasteiger partial charge in [-0.1, -0.05) is 12.5 Å². The maximum atomic E-state index is 12.2. The van der Waals surface area contributed by atoms with Crippen molar-refractivity contribution in [3.05, 3.63) is 24.3 Å². The fraction of sp³-hybridized carbons (Fsp3) is 0.562. The SMILES string of the molecule is COc1cccc(NC(=O)CN2CCCCC2C(C)N)c1.Cl. The summed E-state index contributed by atoms with van der Waals surface area (Å²) in [6.45, 7) is 3.35. The summed E-state index contributed by atoms with van der Waals surface area (Å²) in [5, 5.41) is 2.92. The summed E-state index contributed by atoms with van der Waals surface area (Å²) in [5.74, 6) is 0.732. The molecule has 1 aromatic carbocycles. The van der Waals surface area contributed by atoms with Crippen LogP contribution in [0.5, 0.6) is 5.75 Å². The highest BCUT2D eigenvalue weighted by molar-refractivity contribution is 5.92. The van der Waals surface area contributed by atoms with Crippen LogP contribution < -0.4 is 15.8 Å². The number of carbonyl (C=O) groups excluding carboxylic acids is 1. The number of nitrogens with two attached hydrogens (primary N) is 1. The van der Waals surface area contributed by atoms with Gasteiger partial charge in [-0.05, 0) is 38.4 Å². The third kappa shape index (κ3) is 5.16. The van der Waals surface area contributed by atoms with Crippen molar-refractivity contribution in [1.82, 2.24) is 4.90 Å². The van der Waals surface area contributed by atoms with Gasteiger partial charge < -0.3 is 15.8 Å². The molecular weight excluding hydrogens is 302 g/mol. The molecule has 1 aliphatic heterocycles. The van der Waals surface area contributed by atoms with Crippen molar-refractivity contribution in [2.45, 2.75) is 38.3 Å². The molecule has 2 unspecified atom stereocenters. The van der Waals surface area contributed by atoms with Crippen molar-refractivity contribution in [3.8, 4) is 5.75 Å². The highest BCUT2D eigenvalue weighted by Gasteiger charge is 2.26. The fourth-order valence-electron chi connectivity index (χ4n) is 2.89. The number of likely N-dealkylation sites (tertiary alicyclic amines) is 1. The van der Waals surface area contributed by atoms with Crippen LogP contribution in [-0.2, 0) is 4.79 Å². The van der Waals surface area contributed by atoms with Crippen molar-refractivity contribution in [1.29, 1.82) is 0 Å². The number of amides is 1. The molecule has 0 aliphatic carbocycles. The predicted molar refractivity (Wildman–Crippen MR) is 91.7 cm³/mol. The van der Waals surface area contributed by atoms with E-state index in [-0.39, 0.29) is 24.4 Å². The van der Waals surface area contributed by atoms with Crippen molar-refractivity contribution in [2.24, 2.45) is 5.73 Å². The van der Waals surface area contributed by atoms with Gasteiger partial charge in [0.1, 0.15) is 5.75 Å². The quantitative estimate of drug-likeness (QED) is 0.870. The largest absolute Gasteiger partial charge is 0.497 e. The zero-order valence-corrected chi connectivity index (χ0v) is 14.1. The lowest BCUT2D eigenvalue weighted by molar-refractivity contribution is -0.118. The average molecular weight is 328 g/mol. The Morgan fingerprint density at radius 1 is 1.50 bits per heavy atom. The number of anilines is 1. The first-order valence-electron chi connectivity index (χ1n) is 7.53. The van der Waals surface area contributed by atoms with Crippen LogP contribution in [0.1, 0.15) is 26.2 Å². The van der Waals surface area contributed by atoms with E-state index in [2.05, 4.69) is 10.2 Å². The van der Waals surface area contributed by atoms with E-state index in [0.717, 1.165) is 30.8 Å². The standard InChI is InChI=1S/C16H25N3O2.ClH/c1-12(17)15-8-3-4-9-19(15)11-16(20)18-13-6-5-7-14(10-13)21-2;/h5-7,10,12,15H,3-4,8-9,11,17H2,1-2H3,(H,18,20);1H. The number of hydrogen-bond acceptors (Lipinski definition) is 4. The molecule has 2 atom stereocenters. The zero-order valence-electron chi connectivity index (χ0n) is 13.2. The molecular formula is C16H26ClN3O2. The molecule has 1 saturated heterocycles. The van der Waals surface area contributed by atoms with Crippen molar-refractivity contribution < 1.29 is 9.53 Å². The van der Waals surface area contributed by atoms with E-state index in [4.69, 9.17) is 10.5 Å². The number of hydrogen-bond donors (Lipinski definition) is 2. The maximum Gasteiger partial charge on any atom is 0.238 e. The minimum atomic E-state index is -0.00389. The molecule has 1 aromatic rings. The van der Waals surface area contributed by atoms with Crippen molar-refractivity contribution >= 4 is 24.0 Å². The first-order valence-corrected chi connectivity index (χ1v) is 7.53. The number of methoxy groups -OCH3 is 1. The summed E-state index contributed by atoms with van der Waals surface area (Å²) in [7, 11) is 1.61. The molecule has 2 rings (SSSR count). The molecule has 0 aromatic heterocycles. The van der Waals surface area contributed by atoms with Crippen LogP contribution in [0.25, 0.3) is 0 Å². The molecule has 1 amide bonds. The highest BCUT2D eigenvalue weighted by Crippen LogP contribution is 2.20. The van der Waals surface area contributed by atoms with Gasteiger partial charge in [0.05, 0.1) is 13.7 Å². The minimum Gasteiger partial charge on any atom is -0.497 e. The van der Waals surface area contributed by atoms with E-state index in [0.29, 0.717) is 12.6 Å². The maximum absolute atomic E-state index is 12.2. The number of ether oxygens (including phenoxy) is 1. The summed E-state index contributed by atoms with van der Waals surface area (Å²) < 4.78 is 5.16. The molecule has 5 nitrogen and oxygen atoms in total. The Kier molecular flexibility index (Phi) is 7.65. The zero-order chi connectivity index (χ0) is 15.2. The van der Waals surface area contributed by atoms with Crippen LogP contribution in [0.3, 0.4) is 0 Å². The summed E-state index contributed by atoms with van der Waals surface area (Å²) in [5.41, 5.74) is 6.79. The molecule has 0 bridgehead atoms. The van der Waals surface area contributed by atoms with Gasteiger partial charge in [-0.2, -0.15) is 0 Å². The smallest absolute Gasteiger partial charge is 0.238 e. The lowest BCUT2D eigenvalue weighted by Crippen LogP contribution is -2.51. The third-order valence-corrected chi connectivity index (χ3v) is 3.97. The van der Waals surface area contributed by atoms with E-state index < -0.39 is 0 Å².